The van der Waals surface area contributed by atoms with Gasteiger partial charge < -0.3 is 14.2 Å². The van der Waals surface area contributed by atoms with Gasteiger partial charge >= 0.3 is 11.9 Å². The number of ether oxygens (including phenoxy) is 3. The van der Waals surface area contributed by atoms with E-state index in [4.69, 9.17) is 14.2 Å². The highest BCUT2D eigenvalue weighted by atomic mass is 16.6. The number of carbonyl (C=O) groups excluding carboxylic acids is 2. The van der Waals surface area contributed by atoms with Crippen LogP contribution in [0.15, 0.2) is 36.3 Å². The van der Waals surface area contributed by atoms with E-state index in [9.17, 15) is 9.59 Å². The molecular weight excluding hydrogens is 260 g/mol. The highest BCUT2D eigenvalue weighted by Gasteiger charge is 2.62. The summed E-state index contributed by atoms with van der Waals surface area (Å²) in [6.07, 6.45) is 4.93. The van der Waals surface area contributed by atoms with Crippen LogP contribution in [-0.2, 0) is 23.8 Å². The van der Waals surface area contributed by atoms with Crippen molar-refractivity contribution in [2.75, 3.05) is 0 Å². The molecule has 5 atom stereocenters. The van der Waals surface area contributed by atoms with Gasteiger partial charge in [-0.05, 0) is 12.5 Å². The molecule has 0 bridgehead atoms. The van der Waals surface area contributed by atoms with Crippen molar-refractivity contribution in [3.05, 3.63) is 36.3 Å². The molecule has 1 aliphatic carbocycles. The van der Waals surface area contributed by atoms with E-state index < -0.39 is 6.10 Å². The molecular formula is C15H14O5. The largest absolute Gasteiger partial charge is 0.472 e. The lowest BCUT2D eigenvalue weighted by Gasteiger charge is -2.43. The fourth-order valence-corrected chi connectivity index (χ4v) is 3.96. The van der Waals surface area contributed by atoms with Crippen LogP contribution >= 0.6 is 0 Å². The molecule has 3 fully saturated rings. The average Bonchev–Trinajstić information content (AvgIpc) is 2.76. The van der Waals surface area contributed by atoms with Crippen LogP contribution in [0, 0.1) is 17.3 Å². The summed E-state index contributed by atoms with van der Waals surface area (Å²) in [5.41, 5.74) is 0.615. The molecule has 1 saturated carbocycles. The minimum atomic E-state index is -0.400. The topological polar surface area (TPSA) is 61.8 Å². The first kappa shape index (κ1) is 11.8. The third kappa shape index (κ3) is 1.27. The third-order valence-electron chi connectivity index (χ3n) is 4.89. The van der Waals surface area contributed by atoms with Crippen LogP contribution in [0.4, 0.5) is 0 Å². The molecule has 0 aromatic rings. The van der Waals surface area contributed by atoms with Crippen LogP contribution in [-0.4, -0.2) is 24.1 Å². The van der Waals surface area contributed by atoms with Gasteiger partial charge in [0.2, 0.25) is 0 Å². The highest BCUT2D eigenvalue weighted by molar-refractivity contribution is 5.94. The van der Waals surface area contributed by atoms with Crippen LogP contribution in [0.2, 0.25) is 0 Å². The molecule has 0 N–H and O–H groups in total. The van der Waals surface area contributed by atoms with Crippen molar-refractivity contribution in [2.45, 2.75) is 25.6 Å². The fraction of sp³-hybridized carbons (Fsp3) is 0.467. The van der Waals surface area contributed by atoms with E-state index in [0.29, 0.717) is 17.6 Å². The first-order chi connectivity index (χ1) is 9.51. The van der Waals surface area contributed by atoms with Crippen LogP contribution in [0.25, 0.3) is 0 Å². The lowest BCUT2D eigenvalue weighted by Crippen LogP contribution is -2.48. The Balaban J connectivity index is 1.86. The van der Waals surface area contributed by atoms with Gasteiger partial charge in [0.15, 0.2) is 0 Å². The maximum atomic E-state index is 12.1. The number of carbonyl (C=O) groups is 2. The van der Waals surface area contributed by atoms with Crippen molar-refractivity contribution in [3.63, 3.8) is 0 Å². The Kier molecular flexibility index (Phi) is 2.08. The molecule has 4 aliphatic rings. The minimum Gasteiger partial charge on any atom is -0.472 e. The van der Waals surface area contributed by atoms with E-state index in [-0.39, 0.29) is 35.3 Å². The quantitative estimate of drug-likeness (QED) is 0.494. The zero-order chi connectivity index (χ0) is 14.1. The Hall–Kier alpha value is -2.04. The molecule has 20 heavy (non-hydrogen) atoms. The minimum absolute atomic E-state index is 0.124. The Morgan fingerprint density at radius 3 is 2.90 bits per heavy atom. The molecule has 0 spiro atoms. The average molecular weight is 274 g/mol. The maximum absolute atomic E-state index is 12.1. The Labute approximate surface area is 115 Å². The van der Waals surface area contributed by atoms with Crippen molar-refractivity contribution in [1.29, 1.82) is 0 Å². The van der Waals surface area contributed by atoms with Gasteiger partial charge in [-0.25, -0.2) is 9.59 Å². The van der Waals surface area contributed by atoms with Crippen molar-refractivity contribution in [1.82, 2.24) is 0 Å². The smallest absolute Gasteiger partial charge is 0.337 e. The SMILES string of the molecule is C=C1C(=O)O[C@H]2C[C@@]3(C)C=COC=C4C(=O)O[C@@H]([C@H]12)[C@H]43. The summed E-state index contributed by atoms with van der Waals surface area (Å²) in [6, 6.07) is 0. The normalized spacial score (nSPS) is 44.9. The van der Waals surface area contributed by atoms with Gasteiger partial charge in [0.05, 0.1) is 17.8 Å². The van der Waals surface area contributed by atoms with Crippen molar-refractivity contribution in [3.8, 4) is 0 Å². The maximum Gasteiger partial charge on any atom is 0.337 e. The van der Waals surface area contributed by atoms with Gasteiger partial charge in [-0.1, -0.05) is 13.5 Å². The molecule has 0 aromatic heterocycles. The summed E-state index contributed by atoms with van der Waals surface area (Å²) in [6.45, 7) is 5.85. The van der Waals surface area contributed by atoms with E-state index in [2.05, 4.69) is 6.58 Å². The molecule has 3 heterocycles. The van der Waals surface area contributed by atoms with Crippen molar-refractivity contribution in [2.24, 2.45) is 17.3 Å². The number of fused-ring (bicyclic) bond motifs is 2. The summed E-state index contributed by atoms with van der Waals surface area (Å²) in [4.78, 5) is 23.8. The predicted octanol–water partition coefficient (Wildman–Crippen LogP) is 1.46. The zero-order valence-corrected chi connectivity index (χ0v) is 11.0. The molecule has 0 amide bonds. The number of allylic oxidation sites excluding steroid dienone is 1. The van der Waals surface area contributed by atoms with Gasteiger partial charge in [0, 0.05) is 16.9 Å². The molecule has 5 nitrogen and oxygen atoms in total. The molecule has 0 radical (unpaired) electrons. The van der Waals surface area contributed by atoms with Crippen LogP contribution < -0.4 is 0 Å². The van der Waals surface area contributed by atoms with Crippen LogP contribution in [0.5, 0.6) is 0 Å². The Morgan fingerprint density at radius 1 is 1.30 bits per heavy atom. The monoisotopic (exact) mass is 274 g/mol. The van der Waals surface area contributed by atoms with Crippen LogP contribution in [0.1, 0.15) is 13.3 Å². The van der Waals surface area contributed by atoms with Gasteiger partial charge in [0.1, 0.15) is 18.5 Å². The highest BCUT2D eigenvalue weighted by Crippen LogP contribution is 2.57. The summed E-state index contributed by atoms with van der Waals surface area (Å²) in [5, 5.41) is 0. The van der Waals surface area contributed by atoms with Gasteiger partial charge in [-0.15, -0.1) is 0 Å². The number of hydrogen-bond donors (Lipinski definition) is 0. The number of rotatable bonds is 0. The molecule has 3 aliphatic heterocycles. The summed E-state index contributed by atoms with van der Waals surface area (Å²) >= 11 is 0. The summed E-state index contributed by atoms with van der Waals surface area (Å²) in [7, 11) is 0. The molecule has 2 saturated heterocycles. The molecule has 4 rings (SSSR count). The summed E-state index contributed by atoms with van der Waals surface area (Å²) in [5.74, 6) is -1.13. The van der Waals surface area contributed by atoms with Gasteiger partial charge in [-0.2, -0.15) is 0 Å². The molecule has 5 heteroatoms. The van der Waals surface area contributed by atoms with Crippen LogP contribution in [0.3, 0.4) is 0 Å². The van der Waals surface area contributed by atoms with E-state index in [1.54, 1.807) is 6.26 Å². The Morgan fingerprint density at radius 2 is 2.10 bits per heavy atom. The fourth-order valence-electron chi connectivity index (χ4n) is 3.96. The van der Waals surface area contributed by atoms with E-state index in [1.165, 1.54) is 6.26 Å². The first-order valence-electron chi connectivity index (χ1n) is 6.65. The zero-order valence-electron chi connectivity index (χ0n) is 11.0. The lowest BCUT2D eigenvalue weighted by atomic mass is 9.60. The second kappa shape index (κ2) is 3.53. The predicted molar refractivity (Wildman–Crippen MR) is 66.9 cm³/mol. The second-order valence-corrected chi connectivity index (χ2v) is 6.06. The molecule has 0 unspecified atom stereocenters. The second-order valence-electron chi connectivity index (χ2n) is 6.06. The van der Waals surface area contributed by atoms with E-state index in [1.807, 2.05) is 13.0 Å². The van der Waals surface area contributed by atoms with Gasteiger partial charge in [0.25, 0.3) is 0 Å². The first-order valence-corrected chi connectivity index (χ1v) is 6.65. The lowest BCUT2D eigenvalue weighted by molar-refractivity contribution is -0.148. The van der Waals surface area contributed by atoms with Gasteiger partial charge in [-0.3, -0.25) is 0 Å². The number of hydrogen-bond acceptors (Lipinski definition) is 5. The molecule has 104 valence electrons. The van der Waals surface area contributed by atoms with Crippen molar-refractivity contribution >= 4 is 11.9 Å². The number of esters is 2. The third-order valence-corrected chi connectivity index (χ3v) is 4.89. The van der Waals surface area contributed by atoms with Crippen molar-refractivity contribution < 1.29 is 23.8 Å². The molecule has 0 aromatic carbocycles. The Bertz CT molecular complexity index is 601. The van der Waals surface area contributed by atoms with E-state index >= 15 is 0 Å². The summed E-state index contributed by atoms with van der Waals surface area (Å²) < 4.78 is 16.2. The standard InChI is InChI=1S/C15H14O5/c1-7-10-9(19-13(7)16)5-15(2)3-4-18-6-8-11(15)12(10)20-14(8)17/h3-4,6,9-12H,1,5H2,2H3/t9-,10+,11-,12-,15+/m0/s1. The van der Waals surface area contributed by atoms with E-state index in [0.717, 1.165) is 0 Å².